The molecule has 13 heavy (non-hydrogen) atoms. The fourth-order valence-electron chi connectivity index (χ4n) is 1.55. The smallest absolute Gasteiger partial charge is 0.0463 e. The first-order chi connectivity index (χ1) is 6.07. The second kappa shape index (κ2) is 2.69. The number of allylic oxidation sites excluding steroid dienone is 1. The van der Waals surface area contributed by atoms with Gasteiger partial charge in [-0.25, -0.2) is 0 Å². The normalized spacial score (nSPS) is 14.7. The van der Waals surface area contributed by atoms with Crippen molar-refractivity contribution in [3.8, 4) is 0 Å². The van der Waals surface area contributed by atoms with Crippen LogP contribution >= 0.6 is 0 Å². The number of rotatable bonds is 0. The summed E-state index contributed by atoms with van der Waals surface area (Å²) < 4.78 is 0. The van der Waals surface area contributed by atoms with Gasteiger partial charge < -0.3 is 0 Å². The van der Waals surface area contributed by atoms with E-state index in [1.807, 2.05) is 6.20 Å². The van der Waals surface area contributed by atoms with Crippen molar-refractivity contribution >= 4 is 6.08 Å². The number of hydrogen-bond acceptors (Lipinski definition) is 1. The predicted octanol–water partition coefficient (Wildman–Crippen LogP) is 2.95. The Kier molecular flexibility index (Phi) is 1.76. The molecule has 68 valence electrons. The third kappa shape index (κ3) is 1.51. The number of pyridine rings is 1. The molecule has 0 aliphatic heterocycles. The summed E-state index contributed by atoms with van der Waals surface area (Å²) in [4.78, 5) is 4.48. The lowest BCUT2D eigenvalue weighted by Gasteiger charge is -2.18. The van der Waals surface area contributed by atoms with Crippen LogP contribution in [0.1, 0.15) is 37.6 Å². The summed E-state index contributed by atoms with van der Waals surface area (Å²) in [5, 5.41) is 0. The van der Waals surface area contributed by atoms with Gasteiger partial charge in [0.2, 0.25) is 0 Å². The summed E-state index contributed by atoms with van der Waals surface area (Å²) in [6, 6.07) is 2.21. The van der Waals surface area contributed by atoms with Crippen molar-refractivity contribution in [2.75, 3.05) is 0 Å². The number of hydrogen-bond donors (Lipinski definition) is 0. The minimum absolute atomic E-state index is 0.158. The lowest BCUT2D eigenvalue weighted by atomic mass is 9.90. The first-order valence-electron chi connectivity index (χ1n) is 4.73. The van der Waals surface area contributed by atoms with Crippen LogP contribution in [-0.2, 0) is 11.8 Å². The van der Waals surface area contributed by atoms with E-state index in [2.05, 4.69) is 44.0 Å². The molecule has 0 aromatic carbocycles. The summed E-state index contributed by atoms with van der Waals surface area (Å²) >= 11 is 0. The molecule has 2 rings (SSSR count). The summed E-state index contributed by atoms with van der Waals surface area (Å²) in [7, 11) is 0. The van der Waals surface area contributed by atoms with Crippen LogP contribution in [0.25, 0.3) is 6.08 Å². The summed E-state index contributed by atoms with van der Waals surface area (Å²) in [5.74, 6) is 0. The van der Waals surface area contributed by atoms with Crippen LogP contribution in [0.3, 0.4) is 0 Å². The lowest BCUT2D eigenvalue weighted by Crippen LogP contribution is -2.13. The number of fused-ring (bicyclic) bond motifs is 1. The molecular weight excluding hydrogens is 158 g/mol. The molecule has 0 bridgehead atoms. The first kappa shape index (κ1) is 8.49. The van der Waals surface area contributed by atoms with Crippen LogP contribution in [0.2, 0.25) is 0 Å². The third-order valence-corrected chi connectivity index (χ3v) is 2.43. The minimum Gasteiger partial charge on any atom is -0.260 e. The molecule has 0 unspecified atom stereocenters. The van der Waals surface area contributed by atoms with Crippen LogP contribution in [0, 0.1) is 0 Å². The van der Waals surface area contributed by atoms with Gasteiger partial charge in [0.25, 0.3) is 0 Å². The lowest BCUT2D eigenvalue weighted by molar-refractivity contribution is 0.568. The Morgan fingerprint density at radius 2 is 2.08 bits per heavy atom. The molecular formula is C12H15N. The maximum atomic E-state index is 4.48. The molecule has 1 nitrogen and oxygen atoms in total. The van der Waals surface area contributed by atoms with Crippen LogP contribution in [0.5, 0.6) is 0 Å². The van der Waals surface area contributed by atoms with Crippen LogP contribution in [-0.4, -0.2) is 4.98 Å². The van der Waals surface area contributed by atoms with E-state index < -0.39 is 0 Å². The quantitative estimate of drug-likeness (QED) is 0.587. The maximum absolute atomic E-state index is 4.48. The fraction of sp³-hybridized carbons (Fsp3) is 0.417. The van der Waals surface area contributed by atoms with E-state index >= 15 is 0 Å². The minimum atomic E-state index is 0.158. The highest BCUT2D eigenvalue weighted by Gasteiger charge is 2.17. The molecule has 1 aromatic heterocycles. The molecule has 1 aromatic rings. The van der Waals surface area contributed by atoms with Crippen molar-refractivity contribution in [2.24, 2.45) is 0 Å². The van der Waals surface area contributed by atoms with E-state index in [0.717, 1.165) is 6.42 Å². The van der Waals surface area contributed by atoms with E-state index in [1.54, 1.807) is 0 Å². The third-order valence-electron chi connectivity index (χ3n) is 2.43. The van der Waals surface area contributed by atoms with Gasteiger partial charge in [-0.2, -0.15) is 0 Å². The highest BCUT2D eigenvalue weighted by atomic mass is 14.7. The van der Waals surface area contributed by atoms with Gasteiger partial charge in [0.15, 0.2) is 0 Å². The Morgan fingerprint density at radius 1 is 1.31 bits per heavy atom. The van der Waals surface area contributed by atoms with Crippen molar-refractivity contribution in [3.05, 3.63) is 35.2 Å². The number of aromatic nitrogens is 1. The van der Waals surface area contributed by atoms with E-state index in [1.165, 1.54) is 16.8 Å². The summed E-state index contributed by atoms with van der Waals surface area (Å²) in [6.07, 6.45) is 7.44. The van der Waals surface area contributed by atoms with Gasteiger partial charge in [-0.05, 0) is 23.6 Å². The average Bonchev–Trinajstić information content (AvgIpc) is 2.47. The van der Waals surface area contributed by atoms with E-state index in [4.69, 9.17) is 0 Å². The molecule has 0 saturated carbocycles. The highest BCUT2D eigenvalue weighted by Crippen LogP contribution is 2.25. The monoisotopic (exact) mass is 173 g/mol. The van der Waals surface area contributed by atoms with Crippen molar-refractivity contribution in [3.63, 3.8) is 0 Å². The van der Waals surface area contributed by atoms with Crippen molar-refractivity contribution < 1.29 is 0 Å². The van der Waals surface area contributed by atoms with Gasteiger partial charge in [0.05, 0.1) is 0 Å². The van der Waals surface area contributed by atoms with E-state index in [-0.39, 0.29) is 5.41 Å². The first-order valence-corrected chi connectivity index (χ1v) is 4.73. The molecule has 1 heterocycles. The van der Waals surface area contributed by atoms with Crippen molar-refractivity contribution in [1.82, 2.24) is 4.98 Å². The largest absolute Gasteiger partial charge is 0.260 e. The van der Waals surface area contributed by atoms with Crippen molar-refractivity contribution in [2.45, 2.75) is 32.6 Å². The Morgan fingerprint density at radius 3 is 2.77 bits per heavy atom. The molecule has 0 radical (unpaired) electrons. The topological polar surface area (TPSA) is 12.9 Å². The van der Waals surface area contributed by atoms with Crippen LogP contribution < -0.4 is 0 Å². The molecule has 1 aliphatic carbocycles. The van der Waals surface area contributed by atoms with Crippen molar-refractivity contribution in [1.29, 1.82) is 0 Å². The molecule has 1 aliphatic rings. The van der Waals surface area contributed by atoms with Gasteiger partial charge in [0, 0.05) is 17.3 Å². The number of nitrogens with zero attached hydrogens (tertiary/aromatic N) is 1. The zero-order valence-corrected chi connectivity index (χ0v) is 8.46. The fourth-order valence-corrected chi connectivity index (χ4v) is 1.55. The zero-order valence-electron chi connectivity index (χ0n) is 8.46. The Balaban J connectivity index is 2.47. The Hall–Kier alpha value is -1.11. The molecule has 1 heteroatoms. The molecule has 0 spiro atoms. The SMILES string of the molecule is CC(C)(C)c1cc2c(cn1)CC=C2. The molecule has 0 N–H and O–H groups in total. The summed E-state index contributed by atoms with van der Waals surface area (Å²) in [6.45, 7) is 6.58. The van der Waals surface area contributed by atoms with Gasteiger partial charge >= 0.3 is 0 Å². The summed E-state index contributed by atoms with van der Waals surface area (Å²) in [5.41, 5.74) is 4.04. The predicted molar refractivity (Wildman–Crippen MR) is 55.7 cm³/mol. The second-order valence-electron chi connectivity index (χ2n) is 4.62. The molecule has 0 amide bonds. The van der Waals surface area contributed by atoms with Gasteiger partial charge in [-0.1, -0.05) is 32.9 Å². The van der Waals surface area contributed by atoms with E-state index in [0.29, 0.717) is 0 Å². The van der Waals surface area contributed by atoms with E-state index in [9.17, 15) is 0 Å². The maximum Gasteiger partial charge on any atom is 0.0463 e. The Labute approximate surface area is 79.5 Å². The molecule has 0 saturated heterocycles. The Bertz CT molecular complexity index is 356. The van der Waals surface area contributed by atoms with Crippen LogP contribution in [0.15, 0.2) is 18.3 Å². The van der Waals surface area contributed by atoms with Crippen LogP contribution in [0.4, 0.5) is 0 Å². The van der Waals surface area contributed by atoms with Gasteiger partial charge in [0.1, 0.15) is 0 Å². The molecule has 0 fully saturated rings. The highest BCUT2D eigenvalue weighted by molar-refractivity contribution is 5.59. The standard InChI is InChI=1S/C12H15N/c1-12(2,3)11-7-9-5-4-6-10(9)8-13-11/h4-5,7-8H,6H2,1-3H3. The zero-order chi connectivity index (χ0) is 9.47. The second-order valence-corrected chi connectivity index (χ2v) is 4.62. The average molecular weight is 173 g/mol. The van der Waals surface area contributed by atoms with Gasteiger partial charge in [-0.3, -0.25) is 4.98 Å². The molecule has 0 atom stereocenters. The van der Waals surface area contributed by atoms with Gasteiger partial charge in [-0.15, -0.1) is 0 Å².